The molecule has 0 radical (unpaired) electrons. The summed E-state index contributed by atoms with van der Waals surface area (Å²) >= 11 is 5.94. The van der Waals surface area contributed by atoms with E-state index < -0.39 is 0 Å². The van der Waals surface area contributed by atoms with E-state index in [1.807, 2.05) is 6.92 Å². The second kappa shape index (κ2) is 4.94. The van der Waals surface area contributed by atoms with Gasteiger partial charge in [-0.05, 0) is 37.3 Å². The summed E-state index contributed by atoms with van der Waals surface area (Å²) in [6.45, 7) is 3.59. The van der Waals surface area contributed by atoms with E-state index in [1.165, 1.54) is 0 Å². The molecule has 1 unspecified atom stereocenters. The molecule has 1 aliphatic rings. The summed E-state index contributed by atoms with van der Waals surface area (Å²) in [7, 11) is 0. The van der Waals surface area contributed by atoms with Crippen LogP contribution < -0.4 is 4.90 Å². The lowest BCUT2D eigenvalue weighted by Crippen LogP contribution is -2.37. The average molecular weight is 282 g/mol. The third kappa shape index (κ3) is 2.37. The van der Waals surface area contributed by atoms with Crippen molar-refractivity contribution in [3.05, 3.63) is 11.5 Å². The standard InChI is InChI=1S/C12H16ClN5O/c1-7(19)8-2-4-18(5-3-8)11-9-6-14-17-10(9)15-12(13)16-11/h6-8,19H,2-5H2,1H3,(H,14,15,16,17). The predicted molar refractivity (Wildman–Crippen MR) is 73.3 cm³/mol. The highest BCUT2D eigenvalue weighted by atomic mass is 35.5. The Bertz CT molecular complexity index is 577. The SMILES string of the molecule is CC(O)C1CCN(c2nc(Cl)nc3[nH]ncc23)CC1. The zero-order valence-electron chi connectivity index (χ0n) is 10.7. The minimum atomic E-state index is -0.245. The fourth-order valence-corrected chi connectivity index (χ4v) is 2.79. The normalized spacial score (nSPS) is 19.0. The Kier molecular flexibility index (Phi) is 3.28. The Morgan fingerprint density at radius 3 is 2.84 bits per heavy atom. The summed E-state index contributed by atoms with van der Waals surface area (Å²) in [5.74, 6) is 1.20. The number of aromatic nitrogens is 4. The summed E-state index contributed by atoms with van der Waals surface area (Å²) in [5.41, 5.74) is 0.660. The maximum absolute atomic E-state index is 9.64. The number of rotatable bonds is 2. The lowest BCUT2D eigenvalue weighted by atomic mass is 9.92. The molecular weight excluding hydrogens is 266 g/mol. The van der Waals surface area contributed by atoms with Crippen molar-refractivity contribution in [1.29, 1.82) is 0 Å². The van der Waals surface area contributed by atoms with Crippen molar-refractivity contribution < 1.29 is 5.11 Å². The summed E-state index contributed by atoms with van der Waals surface area (Å²) in [6, 6.07) is 0. The lowest BCUT2D eigenvalue weighted by Gasteiger charge is -2.34. The molecule has 102 valence electrons. The molecule has 2 aromatic rings. The van der Waals surface area contributed by atoms with Gasteiger partial charge in [0.15, 0.2) is 5.65 Å². The molecule has 19 heavy (non-hydrogen) atoms. The number of anilines is 1. The van der Waals surface area contributed by atoms with Crippen molar-refractivity contribution in [1.82, 2.24) is 20.2 Å². The Morgan fingerprint density at radius 1 is 1.42 bits per heavy atom. The Hall–Kier alpha value is -1.40. The van der Waals surface area contributed by atoms with Gasteiger partial charge < -0.3 is 10.0 Å². The first-order valence-corrected chi connectivity index (χ1v) is 6.82. The number of nitrogens with one attached hydrogen (secondary N) is 1. The third-order valence-corrected chi connectivity index (χ3v) is 3.95. The minimum absolute atomic E-state index is 0.226. The highest BCUT2D eigenvalue weighted by Crippen LogP contribution is 2.29. The maximum atomic E-state index is 9.64. The van der Waals surface area contributed by atoms with Crippen molar-refractivity contribution in [3.8, 4) is 0 Å². The van der Waals surface area contributed by atoms with Crippen LogP contribution >= 0.6 is 11.6 Å². The van der Waals surface area contributed by atoms with Gasteiger partial charge in [-0.3, -0.25) is 5.10 Å². The largest absolute Gasteiger partial charge is 0.393 e. The van der Waals surface area contributed by atoms with Crippen LogP contribution in [0.3, 0.4) is 0 Å². The quantitative estimate of drug-likeness (QED) is 0.818. The van der Waals surface area contributed by atoms with Crippen LogP contribution in [0.25, 0.3) is 11.0 Å². The van der Waals surface area contributed by atoms with E-state index in [-0.39, 0.29) is 11.4 Å². The summed E-state index contributed by atoms with van der Waals surface area (Å²) in [5, 5.41) is 17.6. The first-order chi connectivity index (χ1) is 9.15. The number of halogens is 1. The molecule has 2 N–H and O–H groups in total. The molecule has 0 saturated carbocycles. The van der Waals surface area contributed by atoms with E-state index in [9.17, 15) is 5.11 Å². The number of nitrogens with zero attached hydrogens (tertiary/aromatic N) is 4. The van der Waals surface area contributed by atoms with Gasteiger partial charge in [-0.2, -0.15) is 15.1 Å². The van der Waals surface area contributed by atoms with Crippen molar-refractivity contribution in [2.45, 2.75) is 25.9 Å². The number of fused-ring (bicyclic) bond motifs is 1. The van der Waals surface area contributed by atoms with Gasteiger partial charge in [-0.15, -0.1) is 0 Å². The lowest BCUT2D eigenvalue weighted by molar-refractivity contribution is 0.110. The van der Waals surface area contributed by atoms with Gasteiger partial charge in [0.05, 0.1) is 17.7 Å². The van der Waals surface area contributed by atoms with Crippen molar-refractivity contribution in [2.75, 3.05) is 18.0 Å². The second-order valence-corrected chi connectivity index (χ2v) is 5.35. The molecule has 0 bridgehead atoms. The topological polar surface area (TPSA) is 77.9 Å². The molecule has 7 heteroatoms. The zero-order valence-corrected chi connectivity index (χ0v) is 11.4. The van der Waals surface area contributed by atoms with Crippen molar-refractivity contribution >= 4 is 28.5 Å². The van der Waals surface area contributed by atoms with Crippen LogP contribution in [0, 0.1) is 5.92 Å². The van der Waals surface area contributed by atoms with Crippen LogP contribution in [0.4, 0.5) is 5.82 Å². The number of piperidine rings is 1. The first kappa shape index (κ1) is 12.6. The minimum Gasteiger partial charge on any atom is -0.393 e. The molecule has 3 heterocycles. The van der Waals surface area contributed by atoms with E-state index in [1.54, 1.807) is 6.20 Å². The van der Waals surface area contributed by atoms with Gasteiger partial charge in [0.2, 0.25) is 5.28 Å². The Labute approximate surface area is 115 Å². The summed E-state index contributed by atoms with van der Waals surface area (Å²) in [4.78, 5) is 10.6. The van der Waals surface area contributed by atoms with Gasteiger partial charge >= 0.3 is 0 Å². The van der Waals surface area contributed by atoms with Gasteiger partial charge in [0.1, 0.15) is 5.82 Å². The molecule has 6 nitrogen and oxygen atoms in total. The van der Waals surface area contributed by atoms with Crippen LogP contribution in [-0.4, -0.2) is 44.5 Å². The van der Waals surface area contributed by atoms with Gasteiger partial charge in [0.25, 0.3) is 0 Å². The molecular formula is C12H16ClN5O. The molecule has 1 atom stereocenters. The zero-order chi connectivity index (χ0) is 13.4. The van der Waals surface area contributed by atoms with Crippen LogP contribution in [0.1, 0.15) is 19.8 Å². The number of aliphatic hydroxyl groups is 1. The number of hydrogen-bond acceptors (Lipinski definition) is 5. The first-order valence-electron chi connectivity index (χ1n) is 6.45. The highest BCUT2D eigenvalue weighted by molar-refractivity contribution is 6.28. The molecule has 1 aliphatic heterocycles. The molecule has 3 rings (SSSR count). The van der Waals surface area contributed by atoms with Gasteiger partial charge in [0, 0.05) is 13.1 Å². The predicted octanol–water partition coefficient (Wildman–Crippen LogP) is 1.60. The fourth-order valence-electron chi connectivity index (χ4n) is 2.63. The van der Waals surface area contributed by atoms with E-state index in [4.69, 9.17) is 11.6 Å². The van der Waals surface area contributed by atoms with E-state index in [2.05, 4.69) is 25.1 Å². The molecule has 0 aromatic carbocycles. The number of aliphatic hydroxyl groups excluding tert-OH is 1. The number of H-pyrrole nitrogens is 1. The second-order valence-electron chi connectivity index (χ2n) is 5.01. The van der Waals surface area contributed by atoms with E-state index in [0.29, 0.717) is 11.6 Å². The smallest absolute Gasteiger partial charge is 0.226 e. The van der Waals surface area contributed by atoms with Crippen molar-refractivity contribution in [3.63, 3.8) is 0 Å². The summed E-state index contributed by atoms with van der Waals surface area (Å²) in [6.07, 6.45) is 3.39. The number of aromatic amines is 1. The Balaban J connectivity index is 1.87. The molecule has 0 amide bonds. The average Bonchev–Trinajstić information content (AvgIpc) is 2.85. The van der Waals surface area contributed by atoms with Crippen LogP contribution in [0.15, 0.2) is 6.20 Å². The van der Waals surface area contributed by atoms with Crippen LogP contribution in [-0.2, 0) is 0 Å². The fraction of sp³-hybridized carbons (Fsp3) is 0.583. The summed E-state index contributed by atoms with van der Waals surface area (Å²) < 4.78 is 0. The third-order valence-electron chi connectivity index (χ3n) is 3.78. The monoisotopic (exact) mass is 281 g/mol. The van der Waals surface area contributed by atoms with E-state index >= 15 is 0 Å². The van der Waals surface area contributed by atoms with Crippen LogP contribution in [0.5, 0.6) is 0 Å². The molecule has 0 aliphatic carbocycles. The van der Waals surface area contributed by atoms with Crippen molar-refractivity contribution in [2.24, 2.45) is 5.92 Å². The van der Waals surface area contributed by atoms with Gasteiger partial charge in [-0.1, -0.05) is 0 Å². The molecule has 2 aromatic heterocycles. The van der Waals surface area contributed by atoms with Crippen LogP contribution in [0.2, 0.25) is 5.28 Å². The Morgan fingerprint density at radius 2 is 2.16 bits per heavy atom. The molecule has 1 saturated heterocycles. The number of hydrogen-bond donors (Lipinski definition) is 2. The maximum Gasteiger partial charge on any atom is 0.226 e. The van der Waals surface area contributed by atoms with Gasteiger partial charge in [-0.25, -0.2) is 0 Å². The molecule has 1 fully saturated rings. The van der Waals surface area contributed by atoms with E-state index in [0.717, 1.165) is 37.1 Å². The molecule has 0 spiro atoms. The highest BCUT2D eigenvalue weighted by Gasteiger charge is 2.25.